The number of hydrogen-bond acceptors (Lipinski definition) is 3. The van der Waals surface area contributed by atoms with Gasteiger partial charge in [-0.05, 0) is 36.2 Å². The first-order chi connectivity index (χ1) is 7.59. The minimum absolute atomic E-state index is 0.0580. The van der Waals surface area contributed by atoms with Gasteiger partial charge in [0.2, 0.25) is 0 Å². The molecule has 1 atom stereocenters. The molecule has 1 aliphatic rings. The number of halogens is 1. The Labute approximate surface area is 103 Å². The highest BCUT2D eigenvalue weighted by Crippen LogP contribution is 2.21. The molecule has 0 spiro atoms. The number of carbonyl (C=O) groups excluding carboxylic acids is 1. The lowest BCUT2D eigenvalue weighted by Crippen LogP contribution is -2.21. The minimum atomic E-state index is 0.0580. The molecule has 2 heterocycles. The summed E-state index contributed by atoms with van der Waals surface area (Å²) in [4.78, 5) is 11.9. The number of rotatable bonds is 3. The molecule has 0 aromatic carbocycles. The van der Waals surface area contributed by atoms with Crippen molar-refractivity contribution in [3.63, 3.8) is 0 Å². The maximum absolute atomic E-state index is 11.9. The number of carbonyl (C=O) groups is 1. The third kappa shape index (κ3) is 2.20. The molecule has 1 aromatic heterocycles. The molecule has 1 fully saturated rings. The third-order valence-electron chi connectivity index (χ3n) is 2.98. The highest BCUT2D eigenvalue weighted by molar-refractivity contribution is 9.10. The monoisotopic (exact) mass is 286 g/mol. The van der Waals surface area contributed by atoms with Crippen molar-refractivity contribution < 1.29 is 9.53 Å². The molecule has 0 N–H and O–H groups in total. The zero-order valence-corrected chi connectivity index (χ0v) is 11.1. The van der Waals surface area contributed by atoms with Crippen molar-refractivity contribution in [3.05, 3.63) is 15.9 Å². The molecule has 16 heavy (non-hydrogen) atoms. The predicted octanol–water partition coefficient (Wildman–Crippen LogP) is 1.87. The lowest BCUT2D eigenvalue weighted by atomic mass is 10.0. The summed E-state index contributed by atoms with van der Waals surface area (Å²) in [5.41, 5.74) is 1.93. The number of hydrogen-bond donors (Lipinski definition) is 0. The lowest BCUT2D eigenvalue weighted by molar-refractivity contribution is -0.123. The van der Waals surface area contributed by atoms with E-state index in [9.17, 15) is 4.79 Å². The Kier molecular flexibility index (Phi) is 3.44. The summed E-state index contributed by atoms with van der Waals surface area (Å²) in [6.45, 7) is 5.52. The van der Waals surface area contributed by atoms with Crippen LogP contribution in [-0.4, -0.2) is 28.8 Å². The van der Waals surface area contributed by atoms with Crippen LogP contribution in [0.2, 0.25) is 0 Å². The molecule has 1 unspecified atom stereocenters. The number of Topliss-reactive ketones (excluding diaryl/α,β-unsaturated/α-hetero) is 1. The van der Waals surface area contributed by atoms with Crippen LogP contribution in [0.25, 0.3) is 0 Å². The number of aryl methyl sites for hydroxylation is 1. The van der Waals surface area contributed by atoms with Gasteiger partial charge in [-0.1, -0.05) is 0 Å². The Balaban J connectivity index is 2.08. The molecule has 1 aromatic rings. The average molecular weight is 287 g/mol. The van der Waals surface area contributed by atoms with Crippen LogP contribution in [0.5, 0.6) is 0 Å². The molecule has 1 saturated heterocycles. The molecule has 0 saturated carbocycles. The van der Waals surface area contributed by atoms with E-state index in [1.54, 1.807) is 4.68 Å². The molecule has 1 aliphatic heterocycles. The van der Waals surface area contributed by atoms with Crippen LogP contribution in [-0.2, 0) is 16.1 Å². The van der Waals surface area contributed by atoms with Gasteiger partial charge in [0.1, 0.15) is 6.54 Å². The standard InChI is InChI=1S/C11H15BrN2O2/c1-7-11(12)8(2)14(13-7)5-10(15)9-3-4-16-6-9/h9H,3-6H2,1-2H3. The third-order valence-corrected chi connectivity index (χ3v) is 4.13. The van der Waals surface area contributed by atoms with E-state index in [1.165, 1.54) is 0 Å². The average Bonchev–Trinajstić information content (AvgIpc) is 2.85. The number of nitrogens with zero attached hydrogens (tertiary/aromatic N) is 2. The first-order valence-electron chi connectivity index (χ1n) is 5.39. The molecular formula is C11H15BrN2O2. The second-order valence-corrected chi connectivity index (χ2v) is 4.96. The van der Waals surface area contributed by atoms with Gasteiger partial charge in [0.15, 0.2) is 5.78 Å². The van der Waals surface area contributed by atoms with Crippen molar-refractivity contribution in [2.24, 2.45) is 5.92 Å². The Morgan fingerprint density at radius 3 is 2.88 bits per heavy atom. The van der Waals surface area contributed by atoms with Crippen LogP contribution in [0.4, 0.5) is 0 Å². The smallest absolute Gasteiger partial charge is 0.159 e. The second kappa shape index (κ2) is 4.67. The van der Waals surface area contributed by atoms with Crippen molar-refractivity contribution >= 4 is 21.7 Å². The predicted molar refractivity (Wildman–Crippen MR) is 63.3 cm³/mol. The zero-order valence-electron chi connectivity index (χ0n) is 9.49. The van der Waals surface area contributed by atoms with Crippen molar-refractivity contribution in [1.29, 1.82) is 0 Å². The van der Waals surface area contributed by atoms with Gasteiger partial charge in [0.25, 0.3) is 0 Å². The van der Waals surface area contributed by atoms with E-state index in [4.69, 9.17) is 4.74 Å². The summed E-state index contributed by atoms with van der Waals surface area (Å²) in [5.74, 6) is 0.276. The summed E-state index contributed by atoms with van der Waals surface area (Å²) in [6.07, 6.45) is 0.847. The number of ether oxygens (including phenoxy) is 1. The van der Waals surface area contributed by atoms with Gasteiger partial charge in [0.05, 0.1) is 22.5 Å². The normalized spacial score (nSPS) is 20.3. The van der Waals surface area contributed by atoms with Crippen LogP contribution in [0, 0.1) is 19.8 Å². The zero-order chi connectivity index (χ0) is 11.7. The highest BCUT2D eigenvalue weighted by Gasteiger charge is 2.24. The van der Waals surface area contributed by atoms with E-state index < -0.39 is 0 Å². The van der Waals surface area contributed by atoms with E-state index in [-0.39, 0.29) is 11.7 Å². The highest BCUT2D eigenvalue weighted by atomic mass is 79.9. The molecule has 0 bridgehead atoms. The van der Waals surface area contributed by atoms with Crippen molar-refractivity contribution in [3.8, 4) is 0 Å². The summed E-state index contributed by atoms with van der Waals surface area (Å²) in [5, 5.41) is 4.33. The molecule has 2 rings (SSSR count). The molecular weight excluding hydrogens is 272 g/mol. The molecule has 5 heteroatoms. The first-order valence-corrected chi connectivity index (χ1v) is 6.19. The minimum Gasteiger partial charge on any atom is -0.381 e. The van der Waals surface area contributed by atoms with Crippen LogP contribution >= 0.6 is 15.9 Å². The molecule has 88 valence electrons. The van der Waals surface area contributed by atoms with Crippen LogP contribution in [0.1, 0.15) is 17.8 Å². The van der Waals surface area contributed by atoms with E-state index in [0.29, 0.717) is 19.8 Å². The van der Waals surface area contributed by atoms with Crippen molar-refractivity contribution in [1.82, 2.24) is 9.78 Å². The van der Waals surface area contributed by atoms with Crippen molar-refractivity contribution in [2.45, 2.75) is 26.8 Å². The van der Waals surface area contributed by atoms with Crippen molar-refractivity contribution in [2.75, 3.05) is 13.2 Å². The maximum atomic E-state index is 11.9. The number of aromatic nitrogens is 2. The van der Waals surface area contributed by atoms with Gasteiger partial charge < -0.3 is 4.74 Å². The molecule has 0 radical (unpaired) electrons. The van der Waals surface area contributed by atoms with Gasteiger partial charge in [-0.15, -0.1) is 0 Å². The van der Waals surface area contributed by atoms with Gasteiger partial charge in [-0.25, -0.2) is 0 Å². The largest absolute Gasteiger partial charge is 0.381 e. The summed E-state index contributed by atoms with van der Waals surface area (Å²) < 4.78 is 7.97. The Bertz CT molecular complexity index is 408. The lowest BCUT2D eigenvalue weighted by Gasteiger charge is -2.07. The van der Waals surface area contributed by atoms with E-state index in [2.05, 4.69) is 21.0 Å². The van der Waals surface area contributed by atoms with Gasteiger partial charge in [-0.3, -0.25) is 9.48 Å². The van der Waals surface area contributed by atoms with Crippen LogP contribution < -0.4 is 0 Å². The summed E-state index contributed by atoms with van der Waals surface area (Å²) in [6, 6.07) is 0. The van der Waals surface area contributed by atoms with Gasteiger partial charge in [0, 0.05) is 12.5 Å². The Morgan fingerprint density at radius 2 is 2.38 bits per heavy atom. The van der Waals surface area contributed by atoms with Gasteiger partial charge >= 0.3 is 0 Å². The summed E-state index contributed by atoms with van der Waals surface area (Å²) in [7, 11) is 0. The van der Waals surface area contributed by atoms with E-state index in [1.807, 2.05) is 13.8 Å². The Morgan fingerprint density at radius 1 is 1.62 bits per heavy atom. The fourth-order valence-corrected chi connectivity index (χ4v) is 2.18. The molecule has 0 amide bonds. The Hall–Kier alpha value is -0.680. The maximum Gasteiger partial charge on any atom is 0.159 e. The van der Waals surface area contributed by atoms with E-state index in [0.717, 1.165) is 22.3 Å². The summed E-state index contributed by atoms with van der Waals surface area (Å²) >= 11 is 3.45. The van der Waals surface area contributed by atoms with E-state index >= 15 is 0 Å². The SMILES string of the molecule is Cc1nn(CC(=O)C2CCOC2)c(C)c1Br. The molecule has 0 aliphatic carbocycles. The van der Waals surface area contributed by atoms with Gasteiger partial charge in [-0.2, -0.15) is 5.10 Å². The fraction of sp³-hybridized carbons (Fsp3) is 0.636. The van der Waals surface area contributed by atoms with Crippen LogP contribution in [0.15, 0.2) is 4.47 Å². The first kappa shape index (κ1) is 11.8. The molecule has 4 nitrogen and oxygen atoms in total. The quantitative estimate of drug-likeness (QED) is 0.852. The second-order valence-electron chi connectivity index (χ2n) is 4.17. The fourth-order valence-electron chi connectivity index (χ4n) is 1.89. The topological polar surface area (TPSA) is 44.1 Å². The van der Waals surface area contributed by atoms with Crippen LogP contribution in [0.3, 0.4) is 0 Å². The number of ketones is 1.